The standard InChI is InChI=1S/C17H16ClNO5/c1-22-15-8-14(16(23-2)7-13(15)18)19-17(21)10-24-12-5-3-11(9-20)4-6-12/h3-9H,10H2,1-2H3,(H,19,21). The van der Waals surface area contributed by atoms with Gasteiger partial charge in [0.25, 0.3) is 5.91 Å². The molecule has 1 N–H and O–H groups in total. The Morgan fingerprint density at radius 1 is 1.12 bits per heavy atom. The second-order valence-electron chi connectivity index (χ2n) is 4.71. The molecule has 0 aliphatic rings. The molecular weight excluding hydrogens is 334 g/mol. The van der Waals surface area contributed by atoms with Crippen LogP contribution in [-0.2, 0) is 4.79 Å². The quantitative estimate of drug-likeness (QED) is 0.777. The molecule has 24 heavy (non-hydrogen) atoms. The Balaban J connectivity index is 2.02. The van der Waals surface area contributed by atoms with Crippen LogP contribution in [0.5, 0.6) is 17.2 Å². The number of anilines is 1. The summed E-state index contributed by atoms with van der Waals surface area (Å²) in [4.78, 5) is 22.6. The first kappa shape index (κ1) is 17.6. The number of halogens is 1. The summed E-state index contributed by atoms with van der Waals surface area (Å²) < 4.78 is 15.7. The fourth-order valence-corrected chi connectivity index (χ4v) is 2.17. The number of methoxy groups -OCH3 is 2. The molecule has 0 atom stereocenters. The lowest BCUT2D eigenvalue weighted by Gasteiger charge is -2.13. The molecule has 0 saturated heterocycles. The number of hydrogen-bond donors (Lipinski definition) is 1. The van der Waals surface area contributed by atoms with E-state index in [1.165, 1.54) is 14.2 Å². The number of aldehydes is 1. The summed E-state index contributed by atoms with van der Waals surface area (Å²) in [6.07, 6.45) is 0.733. The van der Waals surface area contributed by atoms with Crippen molar-refractivity contribution >= 4 is 29.5 Å². The average molecular weight is 350 g/mol. The highest BCUT2D eigenvalue weighted by Gasteiger charge is 2.13. The van der Waals surface area contributed by atoms with Gasteiger partial charge in [-0.2, -0.15) is 0 Å². The smallest absolute Gasteiger partial charge is 0.262 e. The number of benzene rings is 2. The van der Waals surface area contributed by atoms with Gasteiger partial charge in [-0.25, -0.2) is 0 Å². The van der Waals surface area contributed by atoms with Crippen molar-refractivity contribution in [3.63, 3.8) is 0 Å². The fraction of sp³-hybridized carbons (Fsp3) is 0.176. The normalized spacial score (nSPS) is 9.96. The van der Waals surface area contributed by atoms with Crippen LogP contribution in [-0.4, -0.2) is 33.0 Å². The van der Waals surface area contributed by atoms with Crippen LogP contribution in [0.1, 0.15) is 10.4 Å². The summed E-state index contributed by atoms with van der Waals surface area (Å²) in [7, 11) is 2.95. The first-order valence-corrected chi connectivity index (χ1v) is 7.34. The maximum absolute atomic E-state index is 12.0. The Morgan fingerprint density at radius 2 is 1.79 bits per heavy atom. The Morgan fingerprint density at radius 3 is 2.38 bits per heavy atom. The van der Waals surface area contributed by atoms with Crippen LogP contribution in [0.25, 0.3) is 0 Å². The molecule has 0 heterocycles. The molecule has 2 aromatic carbocycles. The molecule has 2 aromatic rings. The third-order valence-corrected chi connectivity index (χ3v) is 3.43. The molecule has 0 unspecified atom stereocenters. The van der Waals surface area contributed by atoms with E-state index in [1.54, 1.807) is 36.4 Å². The summed E-state index contributed by atoms with van der Waals surface area (Å²) >= 11 is 6.02. The Kier molecular flexibility index (Phi) is 6.03. The monoisotopic (exact) mass is 349 g/mol. The maximum Gasteiger partial charge on any atom is 0.262 e. The zero-order chi connectivity index (χ0) is 17.5. The number of hydrogen-bond acceptors (Lipinski definition) is 5. The number of nitrogens with one attached hydrogen (secondary N) is 1. The fourth-order valence-electron chi connectivity index (χ4n) is 1.94. The molecule has 0 aliphatic heterocycles. The number of rotatable bonds is 7. The van der Waals surface area contributed by atoms with Gasteiger partial charge in [-0.05, 0) is 24.3 Å². The lowest BCUT2D eigenvalue weighted by Crippen LogP contribution is -2.20. The first-order chi connectivity index (χ1) is 11.6. The van der Waals surface area contributed by atoms with Crippen molar-refractivity contribution in [1.82, 2.24) is 0 Å². The van der Waals surface area contributed by atoms with Gasteiger partial charge >= 0.3 is 0 Å². The second-order valence-corrected chi connectivity index (χ2v) is 5.12. The molecule has 0 saturated carbocycles. The predicted octanol–water partition coefficient (Wildman–Crippen LogP) is 3.19. The highest BCUT2D eigenvalue weighted by atomic mass is 35.5. The molecule has 7 heteroatoms. The van der Waals surface area contributed by atoms with Crippen LogP contribution in [0.15, 0.2) is 36.4 Å². The van der Waals surface area contributed by atoms with Crippen molar-refractivity contribution < 1.29 is 23.8 Å². The Hall–Kier alpha value is -2.73. The molecule has 0 fully saturated rings. The van der Waals surface area contributed by atoms with Gasteiger partial charge in [0.05, 0.1) is 24.9 Å². The molecule has 0 aliphatic carbocycles. The lowest BCUT2D eigenvalue weighted by molar-refractivity contribution is -0.118. The third kappa shape index (κ3) is 4.39. The minimum absolute atomic E-state index is 0.200. The van der Waals surface area contributed by atoms with Gasteiger partial charge in [0, 0.05) is 17.7 Å². The van der Waals surface area contributed by atoms with Crippen LogP contribution in [0.2, 0.25) is 5.02 Å². The van der Waals surface area contributed by atoms with E-state index in [4.69, 9.17) is 25.8 Å². The number of ether oxygens (including phenoxy) is 3. The predicted molar refractivity (Wildman–Crippen MR) is 90.5 cm³/mol. The molecule has 1 amide bonds. The van der Waals surface area contributed by atoms with E-state index in [2.05, 4.69) is 5.32 Å². The van der Waals surface area contributed by atoms with E-state index < -0.39 is 0 Å². The molecule has 6 nitrogen and oxygen atoms in total. The number of amides is 1. The van der Waals surface area contributed by atoms with Crippen molar-refractivity contribution in [3.8, 4) is 17.2 Å². The van der Waals surface area contributed by atoms with Crippen LogP contribution in [0.4, 0.5) is 5.69 Å². The number of carbonyl (C=O) groups excluding carboxylic acids is 2. The van der Waals surface area contributed by atoms with Crippen LogP contribution >= 0.6 is 11.6 Å². The first-order valence-electron chi connectivity index (χ1n) is 6.96. The van der Waals surface area contributed by atoms with E-state index in [-0.39, 0.29) is 12.5 Å². The van der Waals surface area contributed by atoms with Crippen LogP contribution in [0, 0.1) is 0 Å². The minimum Gasteiger partial charge on any atom is -0.495 e. The van der Waals surface area contributed by atoms with Gasteiger partial charge in [-0.3, -0.25) is 9.59 Å². The zero-order valence-electron chi connectivity index (χ0n) is 13.2. The third-order valence-electron chi connectivity index (χ3n) is 3.13. The van der Waals surface area contributed by atoms with Crippen molar-refractivity contribution in [2.45, 2.75) is 0 Å². The molecule has 2 rings (SSSR count). The second kappa shape index (κ2) is 8.21. The van der Waals surface area contributed by atoms with E-state index in [1.807, 2.05) is 0 Å². The van der Waals surface area contributed by atoms with Crippen molar-refractivity contribution in [1.29, 1.82) is 0 Å². The summed E-state index contributed by atoms with van der Waals surface area (Å²) in [5.41, 5.74) is 0.952. The maximum atomic E-state index is 12.0. The topological polar surface area (TPSA) is 73.9 Å². The summed E-state index contributed by atoms with van der Waals surface area (Å²) in [5, 5.41) is 3.05. The van der Waals surface area contributed by atoms with Crippen LogP contribution in [0.3, 0.4) is 0 Å². The van der Waals surface area contributed by atoms with E-state index in [9.17, 15) is 9.59 Å². The highest BCUT2D eigenvalue weighted by Crippen LogP contribution is 2.35. The highest BCUT2D eigenvalue weighted by molar-refractivity contribution is 6.32. The molecule has 0 bridgehead atoms. The van der Waals surface area contributed by atoms with E-state index in [0.717, 1.165) is 6.29 Å². The van der Waals surface area contributed by atoms with Crippen molar-refractivity contribution in [3.05, 3.63) is 47.0 Å². The Bertz CT molecular complexity index is 731. The SMILES string of the molecule is COc1cc(NC(=O)COc2ccc(C=O)cc2)c(OC)cc1Cl. The average Bonchev–Trinajstić information content (AvgIpc) is 2.61. The molecule has 0 spiro atoms. The van der Waals surface area contributed by atoms with Gasteiger partial charge < -0.3 is 19.5 Å². The van der Waals surface area contributed by atoms with Gasteiger partial charge in [-0.15, -0.1) is 0 Å². The van der Waals surface area contributed by atoms with Gasteiger partial charge in [0.15, 0.2) is 6.61 Å². The molecular formula is C17H16ClNO5. The zero-order valence-corrected chi connectivity index (χ0v) is 13.9. The lowest BCUT2D eigenvalue weighted by atomic mass is 10.2. The molecule has 0 radical (unpaired) electrons. The van der Waals surface area contributed by atoms with Crippen molar-refractivity contribution in [2.75, 3.05) is 26.1 Å². The van der Waals surface area contributed by atoms with E-state index in [0.29, 0.717) is 33.5 Å². The Labute approximate surface area is 144 Å². The molecule has 0 aromatic heterocycles. The largest absolute Gasteiger partial charge is 0.495 e. The summed E-state index contributed by atoms with van der Waals surface area (Å²) in [6, 6.07) is 9.55. The van der Waals surface area contributed by atoms with Crippen LogP contribution < -0.4 is 19.5 Å². The van der Waals surface area contributed by atoms with Gasteiger partial charge in [0.2, 0.25) is 0 Å². The van der Waals surface area contributed by atoms with Gasteiger partial charge in [-0.1, -0.05) is 11.6 Å². The number of carbonyl (C=O) groups is 2. The summed E-state index contributed by atoms with van der Waals surface area (Å²) in [6.45, 7) is -0.200. The minimum atomic E-state index is -0.378. The van der Waals surface area contributed by atoms with Crippen molar-refractivity contribution in [2.24, 2.45) is 0 Å². The van der Waals surface area contributed by atoms with E-state index >= 15 is 0 Å². The van der Waals surface area contributed by atoms with Gasteiger partial charge in [0.1, 0.15) is 23.5 Å². The summed E-state index contributed by atoms with van der Waals surface area (Å²) in [5.74, 6) is 0.927. The molecule has 126 valence electrons.